The van der Waals surface area contributed by atoms with Crippen LogP contribution < -0.4 is 0 Å². The molecule has 0 radical (unpaired) electrons. The van der Waals surface area contributed by atoms with Crippen LogP contribution in [-0.4, -0.2) is 15.4 Å². The van der Waals surface area contributed by atoms with Gasteiger partial charge in [-0.3, -0.25) is 0 Å². The van der Waals surface area contributed by atoms with Gasteiger partial charge in [0.2, 0.25) is 0 Å². The molecule has 0 unspecified atom stereocenters. The molecule has 0 aliphatic rings. The van der Waals surface area contributed by atoms with Crippen LogP contribution in [0.4, 0.5) is 4.39 Å². The molecule has 3 nitrogen and oxygen atoms in total. The molecule has 2 aromatic heterocycles. The third kappa shape index (κ3) is 2.36. The number of aromatic nitrogens is 2. The first kappa shape index (κ1) is 12.2. The zero-order chi connectivity index (χ0) is 13.2. The Morgan fingerprint density at radius 1 is 1.32 bits per heavy atom. The normalized spacial score (nSPS) is 11.3. The van der Waals surface area contributed by atoms with E-state index in [4.69, 9.17) is 16.0 Å². The molecule has 98 valence electrons. The molecule has 0 fully saturated rings. The number of benzene rings is 1. The van der Waals surface area contributed by atoms with Gasteiger partial charge >= 0.3 is 0 Å². The minimum atomic E-state index is -0.265. The summed E-state index contributed by atoms with van der Waals surface area (Å²) < 4.78 is 20.4. The molecule has 0 saturated heterocycles. The zero-order valence-electron chi connectivity index (χ0n) is 10.1. The molecule has 0 saturated carbocycles. The summed E-state index contributed by atoms with van der Waals surface area (Å²) in [4.78, 5) is 4.51. The van der Waals surface area contributed by atoms with Gasteiger partial charge in [0.15, 0.2) is 0 Å². The van der Waals surface area contributed by atoms with Gasteiger partial charge in [0.05, 0.1) is 30.1 Å². The van der Waals surface area contributed by atoms with Crippen LogP contribution in [0.3, 0.4) is 0 Å². The lowest BCUT2D eigenvalue weighted by molar-refractivity contribution is 0.562. The first-order chi connectivity index (χ1) is 9.28. The number of rotatable bonds is 4. The SMILES string of the molecule is Fc1ccc2nc(CCCl)n(Cc3ccoc3)c2c1. The molecule has 0 N–H and O–H groups in total. The van der Waals surface area contributed by atoms with E-state index in [2.05, 4.69) is 4.98 Å². The second-order valence-electron chi connectivity index (χ2n) is 4.32. The molecule has 0 aliphatic heterocycles. The quantitative estimate of drug-likeness (QED) is 0.683. The van der Waals surface area contributed by atoms with Gasteiger partial charge in [-0.25, -0.2) is 9.37 Å². The predicted molar refractivity (Wildman–Crippen MR) is 71.9 cm³/mol. The topological polar surface area (TPSA) is 31.0 Å². The monoisotopic (exact) mass is 278 g/mol. The standard InChI is InChI=1S/C14H12ClFN2O/c15-5-3-14-17-12-2-1-11(16)7-13(12)18(14)8-10-4-6-19-9-10/h1-2,4,6-7,9H,3,5,8H2. The fourth-order valence-corrected chi connectivity index (χ4v) is 2.33. The van der Waals surface area contributed by atoms with Gasteiger partial charge in [-0.05, 0) is 24.3 Å². The van der Waals surface area contributed by atoms with Crippen LogP contribution in [0.15, 0.2) is 41.2 Å². The third-order valence-corrected chi connectivity index (χ3v) is 3.22. The highest BCUT2D eigenvalue weighted by Gasteiger charge is 2.12. The Labute approximate surface area is 114 Å². The Morgan fingerprint density at radius 3 is 2.95 bits per heavy atom. The van der Waals surface area contributed by atoms with E-state index in [-0.39, 0.29) is 5.82 Å². The summed E-state index contributed by atoms with van der Waals surface area (Å²) in [6.07, 6.45) is 3.95. The maximum atomic E-state index is 13.4. The van der Waals surface area contributed by atoms with Gasteiger partial charge < -0.3 is 8.98 Å². The average Bonchev–Trinajstić information content (AvgIpc) is 3.00. The van der Waals surface area contributed by atoms with Crippen LogP contribution in [0.25, 0.3) is 11.0 Å². The number of fused-ring (bicyclic) bond motifs is 1. The van der Waals surface area contributed by atoms with Gasteiger partial charge in [-0.1, -0.05) is 0 Å². The zero-order valence-corrected chi connectivity index (χ0v) is 10.9. The van der Waals surface area contributed by atoms with Gasteiger partial charge in [-0.2, -0.15) is 0 Å². The van der Waals surface area contributed by atoms with E-state index >= 15 is 0 Å². The van der Waals surface area contributed by atoms with E-state index in [0.29, 0.717) is 18.8 Å². The van der Waals surface area contributed by atoms with E-state index in [1.807, 2.05) is 10.6 Å². The Bertz CT molecular complexity index is 691. The van der Waals surface area contributed by atoms with E-state index in [0.717, 1.165) is 22.4 Å². The number of alkyl halides is 1. The molecule has 0 amide bonds. The largest absolute Gasteiger partial charge is 0.472 e. The molecule has 2 heterocycles. The van der Waals surface area contributed by atoms with E-state index in [9.17, 15) is 4.39 Å². The number of furan rings is 1. The predicted octanol–water partition coefficient (Wildman–Crippen LogP) is 3.60. The molecular formula is C14H12ClFN2O. The first-order valence-electron chi connectivity index (χ1n) is 5.99. The fraction of sp³-hybridized carbons (Fsp3) is 0.214. The lowest BCUT2D eigenvalue weighted by Crippen LogP contribution is -2.05. The third-order valence-electron chi connectivity index (χ3n) is 3.03. The van der Waals surface area contributed by atoms with Crippen molar-refractivity contribution in [3.8, 4) is 0 Å². The lowest BCUT2D eigenvalue weighted by atomic mass is 10.3. The molecule has 3 rings (SSSR count). The molecule has 0 aliphatic carbocycles. The maximum absolute atomic E-state index is 13.4. The van der Waals surface area contributed by atoms with Crippen LogP contribution in [-0.2, 0) is 13.0 Å². The molecule has 0 atom stereocenters. The number of aryl methyl sites for hydroxylation is 1. The van der Waals surface area contributed by atoms with Crippen LogP contribution in [0.1, 0.15) is 11.4 Å². The van der Waals surface area contributed by atoms with Gasteiger partial charge in [0.25, 0.3) is 0 Å². The van der Waals surface area contributed by atoms with Gasteiger partial charge in [-0.15, -0.1) is 11.6 Å². The maximum Gasteiger partial charge on any atom is 0.125 e. The van der Waals surface area contributed by atoms with Crippen LogP contribution in [0, 0.1) is 5.82 Å². The van der Waals surface area contributed by atoms with Crippen molar-refractivity contribution in [3.63, 3.8) is 0 Å². The summed E-state index contributed by atoms with van der Waals surface area (Å²) in [5, 5.41) is 0. The average molecular weight is 279 g/mol. The van der Waals surface area contributed by atoms with Crippen LogP contribution in [0.2, 0.25) is 0 Å². The summed E-state index contributed by atoms with van der Waals surface area (Å²) in [7, 11) is 0. The van der Waals surface area contributed by atoms with Gasteiger partial charge in [0, 0.05) is 17.9 Å². The molecule has 0 spiro atoms. The number of halogens is 2. The van der Waals surface area contributed by atoms with E-state index in [1.165, 1.54) is 12.1 Å². The van der Waals surface area contributed by atoms with Crippen molar-refractivity contribution in [2.45, 2.75) is 13.0 Å². The Hall–Kier alpha value is -1.81. The minimum Gasteiger partial charge on any atom is -0.472 e. The highest BCUT2D eigenvalue weighted by Crippen LogP contribution is 2.20. The lowest BCUT2D eigenvalue weighted by Gasteiger charge is -2.06. The van der Waals surface area contributed by atoms with E-state index in [1.54, 1.807) is 18.6 Å². The Morgan fingerprint density at radius 2 is 2.21 bits per heavy atom. The number of hydrogen-bond donors (Lipinski definition) is 0. The molecule has 19 heavy (non-hydrogen) atoms. The summed E-state index contributed by atoms with van der Waals surface area (Å²) in [6.45, 7) is 0.600. The number of imidazole rings is 1. The van der Waals surface area contributed by atoms with Crippen molar-refractivity contribution in [3.05, 3.63) is 54.0 Å². The Kier molecular flexibility index (Phi) is 3.25. The summed E-state index contributed by atoms with van der Waals surface area (Å²) in [6, 6.07) is 6.49. The first-order valence-corrected chi connectivity index (χ1v) is 6.53. The molecule has 0 bridgehead atoms. The van der Waals surface area contributed by atoms with Crippen LogP contribution >= 0.6 is 11.6 Å². The molecule has 3 aromatic rings. The fourth-order valence-electron chi connectivity index (χ4n) is 2.16. The van der Waals surface area contributed by atoms with Crippen LogP contribution in [0.5, 0.6) is 0 Å². The van der Waals surface area contributed by atoms with E-state index < -0.39 is 0 Å². The summed E-state index contributed by atoms with van der Waals surface area (Å²) in [5.74, 6) is 1.08. The molecular weight excluding hydrogens is 267 g/mol. The smallest absolute Gasteiger partial charge is 0.125 e. The molecule has 5 heteroatoms. The van der Waals surface area contributed by atoms with Gasteiger partial charge in [0.1, 0.15) is 11.6 Å². The number of nitrogens with zero attached hydrogens (tertiary/aromatic N) is 2. The van der Waals surface area contributed by atoms with Crippen molar-refractivity contribution in [2.75, 3.05) is 5.88 Å². The highest BCUT2D eigenvalue weighted by atomic mass is 35.5. The Balaban J connectivity index is 2.12. The highest BCUT2D eigenvalue weighted by molar-refractivity contribution is 6.17. The second kappa shape index (κ2) is 5.05. The van der Waals surface area contributed by atoms with Crippen molar-refractivity contribution < 1.29 is 8.81 Å². The van der Waals surface area contributed by atoms with Crippen molar-refractivity contribution in [1.82, 2.24) is 9.55 Å². The number of hydrogen-bond acceptors (Lipinski definition) is 2. The van der Waals surface area contributed by atoms with Crippen molar-refractivity contribution >= 4 is 22.6 Å². The summed E-state index contributed by atoms with van der Waals surface area (Å²) in [5.41, 5.74) is 2.57. The van der Waals surface area contributed by atoms with Crippen molar-refractivity contribution in [2.24, 2.45) is 0 Å². The minimum absolute atomic E-state index is 0.265. The molecule has 1 aromatic carbocycles. The summed E-state index contributed by atoms with van der Waals surface area (Å²) >= 11 is 5.80. The second-order valence-corrected chi connectivity index (χ2v) is 4.70. The van der Waals surface area contributed by atoms with Crippen molar-refractivity contribution in [1.29, 1.82) is 0 Å².